The number of aromatic amines is 1. The van der Waals surface area contributed by atoms with Gasteiger partial charge < -0.3 is 0 Å². The van der Waals surface area contributed by atoms with Gasteiger partial charge in [-0.3, -0.25) is 9.82 Å². The molecule has 110 valence electrons. The second kappa shape index (κ2) is 5.97. The maximum Gasteiger partial charge on any atom is 0.263 e. The Kier molecular flexibility index (Phi) is 4.46. The van der Waals surface area contributed by atoms with E-state index in [1.807, 2.05) is 6.07 Å². The zero-order valence-electron chi connectivity index (χ0n) is 11.1. The Morgan fingerprint density at radius 1 is 1.48 bits per heavy atom. The van der Waals surface area contributed by atoms with Gasteiger partial charge in [-0.25, -0.2) is 8.42 Å². The van der Waals surface area contributed by atoms with Crippen LogP contribution in [0.3, 0.4) is 0 Å². The molecule has 6 nitrogen and oxygen atoms in total. The molecule has 0 saturated heterocycles. The second-order valence-electron chi connectivity index (χ2n) is 4.11. The van der Waals surface area contributed by atoms with Crippen molar-refractivity contribution in [2.24, 2.45) is 0 Å². The molecule has 1 heterocycles. The summed E-state index contributed by atoms with van der Waals surface area (Å²) in [6.45, 7) is 1.78. The van der Waals surface area contributed by atoms with Crippen LogP contribution in [-0.4, -0.2) is 24.9 Å². The zero-order chi connectivity index (χ0) is 15.6. The van der Waals surface area contributed by atoms with Crippen molar-refractivity contribution in [3.8, 4) is 6.07 Å². The van der Waals surface area contributed by atoms with Crippen LogP contribution in [0.1, 0.15) is 11.1 Å². The minimum Gasteiger partial charge on any atom is -0.263 e. The summed E-state index contributed by atoms with van der Waals surface area (Å²) in [6, 6.07) is 6.34. The molecule has 0 saturated carbocycles. The van der Waals surface area contributed by atoms with Crippen LogP contribution in [0.25, 0.3) is 0 Å². The number of halogens is 1. The highest BCUT2D eigenvalue weighted by Crippen LogP contribution is 2.26. The normalized spacial score (nSPS) is 11.1. The summed E-state index contributed by atoms with van der Waals surface area (Å²) in [5.74, 6) is 0.0403. The summed E-state index contributed by atoms with van der Waals surface area (Å²) >= 11 is 7.19. The average Bonchev–Trinajstić information content (AvgIpc) is 2.82. The summed E-state index contributed by atoms with van der Waals surface area (Å²) in [7, 11) is -3.85. The smallest absolute Gasteiger partial charge is 0.263 e. The first kappa shape index (κ1) is 15.7. The quantitative estimate of drug-likeness (QED) is 0.832. The number of H-pyrrole nitrogens is 1. The van der Waals surface area contributed by atoms with Crippen molar-refractivity contribution in [1.82, 2.24) is 10.2 Å². The lowest BCUT2D eigenvalue weighted by atomic mass is 10.2. The minimum atomic E-state index is -3.85. The molecule has 0 bridgehead atoms. The molecule has 21 heavy (non-hydrogen) atoms. The van der Waals surface area contributed by atoms with E-state index >= 15 is 0 Å². The molecule has 1 aromatic carbocycles. The maximum absolute atomic E-state index is 12.3. The summed E-state index contributed by atoms with van der Waals surface area (Å²) < 4.78 is 26.9. The molecule has 0 aliphatic heterocycles. The maximum atomic E-state index is 12.3. The van der Waals surface area contributed by atoms with E-state index in [4.69, 9.17) is 16.9 Å². The van der Waals surface area contributed by atoms with E-state index in [9.17, 15) is 8.42 Å². The van der Waals surface area contributed by atoms with Gasteiger partial charge in [0, 0.05) is 5.02 Å². The van der Waals surface area contributed by atoms with Crippen molar-refractivity contribution in [2.75, 3.05) is 11.0 Å². The van der Waals surface area contributed by atoms with E-state index < -0.39 is 10.0 Å². The molecule has 2 N–H and O–H groups in total. The van der Waals surface area contributed by atoms with Crippen LogP contribution in [0.15, 0.2) is 28.1 Å². The molecule has 2 aromatic rings. The van der Waals surface area contributed by atoms with E-state index in [1.165, 1.54) is 23.9 Å². The zero-order valence-corrected chi connectivity index (χ0v) is 13.5. The number of benzene rings is 1. The molecule has 9 heteroatoms. The van der Waals surface area contributed by atoms with Crippen LogP contribution in [-0.2, 0) is 10.0 Å². The van der Waals surface area contributed by atoms with Gasteiger partial charge in [0.1, 0.15) is 16.7 Å². The van der Waals surface area contributed by atoms with E-state index in [1.54, 1.807) is 19.2 Å². The van der Waals surface area contributed by atoms with Crippen molar-refractivity contribution in [3.05, 3.63) is 34.3 Å². The van der Waals surface area contributed by atoms with Crippen molar-refractivity contribution in [2.45, 2.75) is 16.8 Å². The Labute approximate surface area is 131 Å². The van der Waals surface area contributed by atoms with E-state index in [0.717, 1.165) is 5.56 Å². The molecule has 2 rings (SSSR count). The second-order valence-corrected chi connectivity index (χ2v) is 7.00. The highest BCUT2D eigenvalue weighted by molar-refractivity contribution is 7.98. The molecule has 0 aliphatic carbocycles. The largest absolute Gasteiger partial charge is 0.263 e. The lowest BCUT2D eigenvalue weighted by molar-refractivity contribution is 0.601. The van der Waals surface area contributed by atoms with Crippen molar-refractivity contribution >= 4 is 39.2 Å². The van der Waals surface area contributed by atoms with Crippen molar-refractivity contribution < 1.29 is 8.42 Å². The Hall–Kier alpha value is -1.69. The van der Waals surface area contributed by atoms with Crippen molar-refractivity contribution in [3.63, 3.8) is 0 Å². The summed E-state index contributed by atoms with van der Waals surface area (Å²) in [4.78, 5) is 0.0160. The number of nitriles is 1. The lowest BCUT2D eigenvalue weighted by Gasteiger charge is -2.07. The van der Waals surface area contributed by atoms with Crippen LogP contribution in [0.5, 0.6) is 0 Å². The molecule has 0 fully saturated rings. The molecular formula is C12H11ClN4O2S2. The third-order valence-corrected chi connectivity index (χ3v) is 5.16. The van der Waals surface area contributed by atoms with Gasteiger partial charge in [-0.05, 0) is 30.9 Å². The van der Waals surface area contributed by atoms with E-state index in [2.05, 4.69) is 14.9 Å². The van der Waals surface area contributed by atoms with Crippen LogP contribution in [0, 0.1) is 18.3 Å². The van der Waals surface area contributed by atoms with Crippen LogP contribution >= 0.6 is 23.4 Å². The highest BCUT2D eigenvalue weighted by atomic mass is 35.5. The fraction of sp³-hybridized carbons (Fsp3) is 0.167. The fourth-order valence-electron chi connectivity index (χ4n) is 1.58. The Bertz CT molecular complexity index is 824. The number of sulfonamides is 1. The Morgan fingerprint density at radius 3 is 2.76 bits per heavy atom. The Balaban J connectivity index is 2.40. The van der Waals surface area contributed by atoms with Gasteiger partial charge in [0.15, 0.2) is 5.82 Å². The molecular weight excluding hydrogens is 332 g/mol. The third kappa shape index (κ3) is 3.15. The highest BCUT2D eigenvalue weighted by Gasteiger charge is 2.20. The van der Waals surface area contributed by atoms with Gasteiger partial charge in [0.2, 0.25) is 0 Å². The van der Waals surface area contributed by atoms with Crippen LogP contribution < -0.4 is 4.72 Å². The van der Waals surface area contributed by atoms with Gasteiger partial charge >= 0.3 is 0 Å². The topological polar surface area (TPSA) is 98.6 Å². The molecule has 0 spiro atoms. The van der Waals surface area contributed by atoms with Crippen LogP contribution in [0.2, 0.25) is 5.02 Å². The number of hydrogen-bond acceptors (Lipinski definition) is 5. The van der Waals surface area contributed by atoms with Gasteiger partial charge in [-0.2, -0.15) is 10.4 Å². The predicted molar refractivity (Wildman–Crippen MR) is 82.1 cm³/mol. The number of anilines is 1. The summed E-state index contributed by atoms with van der Waals surface area (Å²) in [6.07, 6.45) is 1.75. The molecule has 0 amide bonds. The fourth-order valence-corrected chi connectivity index (χ4v) is 3.37. The van der Waals surface area contributed by atoms with Crippen molar-refractivity contribution in [1.29, 1.82) is 5.26 Å². The standard InChI is InChI=1S/C12H11ClN4O2S2/c1-7-3-4-8(5-10(7)13)21(18,19)17-11-9(6-14)12(20-2)16-15-11/h3-5H,1-2H3,(H2,15,16,17). The SMILES string of the molecule is CSc1n[nH]c(NS(=O)(=O)c2ccc(C)c(Cl)c2)c1C#N. The molecule has 0 atom stereocenters. The van der Waals surface area contributed by atoms with Gasteiger partial charge in [0.25, 0.3) is 10.0 Å². The van der Waals surface area contributed by atoms with Gasteiger partial charge in [0.05, 0.1) is 4.90 Å². The van der Waals surface area contributed by atoms with Gasteiger partial charge in [-0.1, -0.05) is 17.7 Å². The van der Waals surface area contributed by atoms with Gasteiger partial charge in [-0.15, -0.1) is 11.8 Å². The van der Waals surface area contributed by atoms with E-state index in [-0.39, 0.29) is 16.3 Å². The molecule has 0 radical (unpaired) electrons. The number of nitrogens with one attached hydrogen (secondary N) is 2. The number of thioether (sulfide) groups is 1. The monoisotopic (exact) mass is 342 g/mol. The molecule has 0 unspecified atom stereocenters. The number of hydrogen-bond donors (Lipinski definition) is 2. The number of rotatable bonds is 4. The first-order valence-electron chi connectivity index (χ1n) is 5.70. The molecule has 0 aliphatic rings. The average molecular weight is 343 g/mol. The minimum absolute atomic E-state index is 0.0160. The first-order chi connectivity index (χ1) is 9.89. The van der Waals surface area contributed by atoms with E-state index in [0.29, 0.717) is 10.0 Å². The lowest BCUT2D eigenvalue weighted by Crippen LogP contribution is -2.14. The number of aryl methyl sites for hydroxylation is 1. The first-order valence-corrected chi connectivity index (χ1v) is 8.79. The molecule has 1 aromatic heterocycles. The summed E-state index contributed by atoms with van der Waals surface area (Å²) in [5, 5.41) is 16.3. The summed E-state index contributed by atoms with van der Waals surface area (Å²) in [5.41, 5.74) is 0.934. The number of aromatic nitrogens is 2. The Morgan fingerprint density at radius 2 is 2.19 bits per heavy atom. The predicted octanol–water partition coefficient (Wildman–Crippen LogP) is 2.77. The number of nitrogens with zero attached hydrogens (tertiary/aromatic N) is 2. The van der Waals surface area contributed by atoms with Crippen LogP contribution in [0.4, 0.5) is 5.82 Å². The third-order valence-electron chi connectivity index (χ3n) is 2.73.